The summed E-state index contributed by atoms with van der Waals surface area (Å²) in [5.74, 6) is 4.89. The zero-order chi connectivity index (χ0) is 23.0. The van der Waals surface area contributed by atoms with E-state index in [1.807, 2.05) is 0 Å². The number of nitrogens with two attached hydrogens (primary N) is 1. The Kier molecular flexibility index (Phi) is 12.6. The Labute approximate surface area is 192 Å². The molecule has 178 valence electrons. The van der Waals surface area contributed by atoms with Crippen molar-refractivity contribution in [2.45, 2.75) is 110 Å². The third kappa shape index (κ3) is 9.07. The predicted molar refractivity (Wildman–Crippen MR) is 129 cm³/mol. The summed E-state index contributed by atoms with van der Waals surface area (Å²) in [6, 6.07) is 5.08. The molecule has 0 aliphatic rings. The average molecular weight is 444 g/mol. The highest BCUT2D eigenvalue weighted by atomic mass is 16.2. The molecule has 0 saturated carbocycles. The van der Waals surface area contributed by atoms with Crippen LogP contribution in [0.2, 0.25) is 0 Å². The molecule has 0 atom stereocenters. The number of rotatable bonds is 17. The van der Waals surface area contributed by atoms with Gasteiger partial charge in [0.15, 0.2) is 0 Å². The first kappa shape index (κ1) is 26.0. The molecular formula is C25H41N5O2. The Balaban J connectivity index is 1.47. The molecule has 7 nitrogen and oxygen atoms in total. The Hall–Kier alpha value is -2.28. The van der Waals surface area contributed by atoms with Gasteiger partial charge in [0, 0.05) is 6.42 Å². The number of aromatic nitrogens is 3. The minimum Gasteiger partial charge on any atom is -0.273 e. The lowest BCUT2D eigenvalue weighted by Gasteiger charge is -2.14. The molecule has 0 radical (unpaired) electrons. The van der Waals surface area contributed by atoms with Crippen molar-refractivity contribution in [3.63, 3.8) is 0 Å². The smallest absolute Gasteiger partial charge is 0.273 e. The first-order valence-electron chi connectivity index (χ1n) is 12.6. The largest absolute Gasteiger partial charge is 0.277 e. The quantitative estimate of drug-likeness (QED) is 0.134. The van der Waals surface area contributed by atoms with Gasteiger partial charge in [-0.05, 0) is 18.6 Å². The number of fused-ring (bicyclic) bond motifs is 1. The van der Waals surface area contributed by atoms with E-state index in [1.165, 1.54) is 77.0 Å². The number of carbonyl (C=O) groups excluding carboxylic acids is 2. The molecule has 1 aromatic heterocycles. The molecule has 2 aromatic rings. The van der Waals surface area contributed by atoms with E-state index in [0.717, 1.165) is 19.3 Å². The Morgan fingerprint density at radius 3 is 1.94 bits per heavy atom. The van der Waals surface area contributed by atoms with E-state index >= 15 is 0 Å². The van der Waals surface area contributed by atoms with E-state index in [0.29, 0.717) is 16.0 Å². The summed E-state index contributed by atoms with van der Waals surface area (Å²) in [5, 5.41) is 11.0. The second kappa shape index (κ2) is 15.5. The first-order valence-corrected chi connectivity index (χ1v) is 12.6. The summed E-state index contributed by atoms with van der Waals surface area (Å²) in [5.41, 5.74) is 1.34. The van der Waals surface area contributed by atoms with Gasteiger partial charge in [0.1, 0.15) is 5.52 Å². The Morgan fingerprint density at radius 2 is 1.38 bits per heavy atom. The van der Waals surface area contributed by atoms with Crippen LogP contribution in [-0.2, 0) is 4.79 Å². The number of nitrogens with one attached hydrogen (secondary N) is 1. The molecule has 7 heteroatoms. The van der Waals surface area contributed by atoms with E-state index in [-0.39, 0.29) is 17.9 Å². The summed E-state index contributed by atoms with van der Waals surface area (Å²) in [7, 11) is 0. The molecule has 0 aliphatic carbocycles. The highest BCUT2D eigenvalue weighted by Gasteiger charge is 2.22. The van der Waals surface area contributed by atoms with Crippen molar-refractivity contribution in [2.75, 3.05) is 0 Å². The van der Waals surface area contributed by atoms with Crippen molar-refractivity contribution in [1.29, 1.82) is 0 Å². The predicted octanol–water partition coefficient (Wildman–Crippen LogP) is 6.06. The number of unbranched alkanes of at least 4 members (excludes halogenated alkanes) is 14. The maximum atomic E-state index is 12.6. The summed E-state index contributed by atoms with van der Waals surface area (Å²) < 4.78 is 0. The first-order chi connectivity index (χ1) is 15.6. The van der Waals surface area contributed by atoms with Crippen LogP contribution in [0, 0.1) is 0 Å². The van der Waals surface area contributed by atoms with Gasteiger partial charge in [0.25, 0.3) is 5.91 Å². The fourth-order valence-electron chi connectivity index (χ4n) is 4.05. The molecule has 0 aliphatic heterocycles. The van der Waals surface area contributed by atoms with E-state index in [1.54, 1.807) is 18.2 Å². The summed E-state index contributed by atoms with van der Waals surface area (Å²) in [6.07, 6.45) is 19.4. The van der Waals surface area contributed by atoms with E-state index < -0.39 is 5.91 Å². The van der Waals surface area contributed by atoms with Crippen molar-refractivity contribution >= 4 is 22.8 Å². The van der Waals surface area contributed by atoms with Crippen molar-refractivity contribution in [2.24, 2.45) is 5.84 Å². The number of H-pyrrole nitrogens is 1. The summed E-state index contributed by atoms with van der Waals surface area (Å²) in [4.78, 5) is 24.9. The number of benzene rings is 1. The lowest BCUT2D eigenvalue weighted by molar-refractivity contribution is -0.128. The van der Waals surface area contributed by atoms with Crippen molar-refractivity contribution in [3.8, 4) is 0 Å². The van der Waals surface area contributed by atoms with Crippen LogP contribution in [0.1, 0.15) is 120 Å². The van der Waals surface area contributed by atoms with E-state index in [4.69, 9.17) is 5.84 Å². The van der Waals surface area contributed by atoms with Crippen molar-refractivity contribution < 1.29 is 9.59 Å². The standard InChI is InChI=1S/C25H41N5O2/c1-2-3-4-5-6-7-8-9-10-11-12-13-14-15-16-20-23(31)30(26)25(32)21-18-17-19-22-24(21)28-29-27-22/h17-19H,2-16,20,26H2,1H3,(H,27,28,29). The van der Waals surface area contributed by atoms with Crippen LogP contribution in [-0.4, -0.2) is 32.2 Å². The minimum atomic E-state index is -0.546. The van der Waals surface area contributed by atoms with Crippen LogP contribution < -0.4 is 5.84 Å². The van der Waals surface area contributed by atoms with E-state index in [2.05, 4.69) is 22.3 Å². The molecule has 0 bridgehead atoms. The van der Waals surface area contributed by atoms with Gasteiger partial charge in [0.2, 0.25) is 5.91 Å². The Bertz CT molecular complexity index is 804. The van der Waals surface area contributed by atoms with Gasteiger partial charge in [-0.1, -0.05) is 108 Å². The molecule has 0 saturated heterocycles. The molecule has 0 unspecified atom stereocenters. The second-order valence-corrected chi connectivity index (χ2v) is 8.78. The van der Waals surface area contributed by atoms with Crippen LogP contribution >= 0.6 is 0 Å². The highest BCUT2D eigenvalue weighted by molar-refractivity contribution is 6.10. The zero-order valence-corrected chi connectivity index (χ0v) is 19.8. The Morgan fingerprint density at radius 1 is 0.844 bits per heavy atom. The number of aromatic amines is 1. The minimum absolute atomic E-state index is 0.281. The number of hydrazine groups is 1. The fourth-order valence-corrected chi connectivity index (χ4v) is 4.05. The number of carbonyl (C=O) groups is 2. The molecule has 0 spiro atoms. The van der Waals surface area contributed by atoms with Gasteiger partial charge >= 0.3 is 0 Å². The van der Waals surface area contributed by atoms with Gasteiger partial charge in [-0.15, -0.1) is 5.10 Å². The van der Waals surface area contributed by atoms with Crippen molar-refractivity contribution in [1.82, 2.24) is 20.4 Å². The highest BCUT2D eigenvalue weighted by Crippen LogP contribution is 2.16. The van der Waals surface area contributed by atoms with Crippen LogP contribution in [0.4, 0.5) is 0 Å². The van der Waals surface area contributed by atoms with Crippen LogP contribution in [0.3, 0.4) is 0 Å². The number of nitrogens with zero attached hydrogens (tertiary/aromatic N) is 3. The van der Waals surface area contributed by atoms with Crippen LogP contribution in [0.25, 0.3) is 11.0 Å². The molecule has 3 N–H and O–H groups in total. The normalized spacial score (nSPS) is 11.2. The van der Waals surface area contributed by atoms with Gasteiger partial charge in [0.05, 0.1) is 11.1 Å². The molecule has 32 heavy (non-hydrogen) atoms. The number of amides is 2. The topological polar surface area (TPSA) is 105 Å². The molecule has 2 amide bonds. The SMILES string of the molecule is CCCCCCCCCCCCCCCCCC(=O)N(N)C(=O)c1cccc2[nH]nnc12. The lowest BCUT2D eigenvalue weighted by atomic mass is 10.0. The average Bonchev–Trinajstić information content (AvgIpc) is 3.29. The summed E-state index contributed by atoms with van der Waals surface area (Å²) >= 11 is 0. The van der Waals surface area contributed by atoms with Gasteiger partial charge < -0.3 is 0 Å². The van der Waals surface area contributed by atoms with Gasteiger partial charge in [-0.3, -0.25) is 14.7 Å². The number of imide groups is 1. The summed E-state index contributed by atoms with van der Waals surface area (Å²) in [6.45, 7) is 2.26. The zero-order valence-electron chi connectivity index (χ0n) is 19.8. The van der Waals surface area contributed by atoms with Gasteiger partial charge in [-0.25, -0.2) is 10.9 Å². The maximum Gasteiger partial charge on any atom is 0.277 e. The molecule has 1 heterocycles. The molecule has 1 aromatic carbocycles. The maximum absolute atomic E-state index is 12.6. The van der Waals surface area contributed by atoms with Gasteiger partial charge in [-0.2, -0.15) is 0 Å². The van der Waals surface area contributed by atoms with E-state index in [9.17, 15) is 9.59 Å². The monoisotopic (exact) mass is 443 g/mol. The number of hydrogen-bond acceptors (Lipinski definition) is 5. The van der Waals surface area contributed by atoms with Crippen LogP contribution in [0.5, 0.6) is 0 Å². The second-order valence-electron chi connectivity index (χ2n) is 8.78. The third-order valence-electron chi connectivity index (χ3n) is 6.07. The lowest BCUT2D eigenvalue weighted by Crippen LogP contribution is -2.42. The number of hydrogen-bond donors (Lipinski definition) is 2. The molecule has 0 fully saturated rings. The third-order valence-corrected chi connectivity index (χ3v) is 6.07. The fraction of sp³-hybridized carbons (Fsp3) is 0.680. The van der Waals surface area contributed by atoms with Crippen LogP contribution in [0.15, 0.2) is 18.2 Å². The molecular weight excluding hydrogens is 402 g/mol. The molecule has 2 rings (SSSR count). The van der Waals surface area contributed by atoms with Crippen molar-refractivity contribution in [3.05, 3.63) is 23.8 Å².